The Kier molecular flexibility index (Phi) is 5.02. The van der Waals surface area contributed by atoms with Gasteiger partial charge in [-0.05, 0) is 24.8 Å². The highest BCUT2D eigenvalue weighted by Crippen LogP contribution is 2.22. The molecule has 6 heteroatoms. The van der Waals surface area contributed by atoms with Crippen LogP contribution >= 0.6 is 0 Å². The quantitative estimate of drug-likeness (QED) is 0.883. The Morgan fingerprint density at radius 2 is 2.25 bits per heavy atom. The van der Waals surface area contributed by atoms with Gasteiger partial charge in [0.1, 0.15) is 17.1 Å². The summed E-state index contributed by atoms with van der Waals surface area (Å²) in [5.41, 5.74) is 2.40. The highest BCUT2D eigenvalue weighted by atomic mass is 16.4. The molecule has 6 nitrogen and oxygen atoms in total. The zero-order valence-electron chi connectivity index (χ0n) is 14.8. The molecule has 0 spiro atoms. The molecule has 1 amide bonds. The van der Waals surface area contributed by atoms with Crippen LogP contribution in [0.3, 0.4) is 0 Å². The molecule has 1 aliphatic heterocycles. The number of amides is 1. The lowest BCUT2D eigenvalue weighted by molar-refractivity contribution is 0.0722. The normalized spacial score (nSPS) is 14.2. The second-order valence-corrected chi connectivity index (χ2v) is 6.92. The molecule has 2 aromatic heterocycles. The van der Waals surface area contributed by atoms with Crippen molar-refractivity contribution in [2.24, 2.45) is 5.92 Å². The van der Waals surface area contributed by atoms with Crippen LogP contribution in [0.1, 0.15) is 67.1 Å². The molecule has 24 heavy (non-hydrogen) atoms. The zero-order valence-corrected chi connectivity index (χ0v) is 14.8. The van der Waals surface area contributed by atoms with Crippen molar-refractivity contribution < 1.29 is 9.21 Å². The van der Waals surface area contributed by atoms with Gasteiger partial charge in [0.15, 0.2) is 5.89 Å². The number of carbonyl (C=O) groups excluding carboxylic acids is 1. The monoisotopic (exact) mass is 330 g/mol. The molecular formula is C18H26N4O2. The van der Waals surface area contributed by atoms with Gasteiger partial charge in [0.25, 0.3) is 5.91 Å². The van der Waals surface area contributed by atoms with Crippen LogP contribution in [-0.2, 0) is 25.8 Å². The smallest absolute Gasteiger partial charge is 0.274 e. The maximum atomic E-state index is 12.6. The molecule has 0 saturated heterocycles. The summed E-state index contributed by atoms with van der Waals surface area (Å²) in [4.78, 5) is 19.0. The first kappa shape index (κ1) is 16.7. The molecule has 1 aliphatic rings. The molecule has 0 bridgehead atoms. The van der Waals surface area contributed by atoms with Gasteiger partial charge in [-0.15, -0.1) is 0 Å². The SMILES string of the molecule is CCCc1cc(C(=O)N2CCc3oc(CCC(C)C)nc3C2)n[nH]1. The molecule has 3 rings (SSSR count). The summed E-state index contributed by atoms with van der Waals surface area (Å²) in [7, 11) is 0. The van der Waals surface area contributed by atoms with Gasteiger partial charge >= 0.3 is 0 Å². The summed E-state index contributed by atoms with van der Waals surface area (Å²) >= 11 is 0. The molecule has 0 saturated carbocycles. The number of aromatic amines is 1. The lowest BCUT2D eigenvalue weighted by atomic mass is 10.1. The first-order valence-corrected chi connectivity index (χ1v) is 8.87. The molecule has 3 heterocycles. The van der Waals surface area contributed by atoms with Crippen molar-refractivity contribution >= 4 is 5.91 Å². The fraction of sp³-hybridized carbons (Fsp3) is 0.611. The van der Waals surface area contributed by atoms with Crippen LogP contribution in [0.5, 0.6) is 0 Å². The highest BCUT2D eigenvalue weighted by molar-refractivity contribution is 5.92. The first-order chi connectivity index (χ1) is 11.6. The van der Waals surface area contributed by atoms with E-state index in [0.29, 0.717) is 24.7 Å². The van der Waals surface area contributed by atoms with Gasteiger partial charge in [-0.1, -0.05) is 27.2 Å². The third-order valence-corrected chi connectivity index (χ3v) is 4.36. The molecular weight excluding hydrogens is 304 g/mol. The van der Waals surface area contributed by atoms with Crippen molar-refractivity contribution in [1.82, 2.24) is 20.1 Å². The van der Waals surface area contributed by atoms with E-state index in [0.717, 1.165) is 55.1 Å². The van der Waals surface area contributed by atoms with Gasteiger partial charge in [0.2, 0.25) is 0 Å². The summed E-state index contributed by atoms with van der Waals surface area (Å²) in [6.07, 6.45) is 4.59. The largest absolute Gasteiger partial charge is 0.445 e. The van der Waals surface area contributed by atoms with Crippen LogP contribution in [0.4, 0.5) is 0 Å². The van der Waals surface area contributed by atoms with Gasteiger partial charge in [0.05, 0.1) is 6.54 Å². The van der Waals surface area contributed by atoms with Crippen molar-refractivity contribution in [3.05, 3.63) is 34.8 Å². The van der Waals surface area contributed by atoms with Crippen LogP contribution in [0, 0.1) is 5.92 Å². The number of rotatable bonds is 6. The summed E-state index contributed by atoms with van der Waals surface area (Å²) in [6.45, 7) is 7.66. The van der Waals surface area contributed by atoms with E-state index in [4.69, 9.17) is 4.42 Å². The topological polar surface area (TPSA) is 75.0 Å². The van der Waals surface area contributed by atoms with E-state index in [9.17, 15) is 4.79 Å². The van der Waals surface area contributed by atoms with E-state index in [1.165, 1.54) is 0 Å². The predicted octanol–water partition coefficient (Wildman–Crippen LogP) is 3.14. The Labute approximate surface area is 142 Å². The molecule has 0 fully saturated rings. The Balaban J connectivity index is 1.66. The van der Waals surface area contributed by atoms with E-state index in [1.807, 2.05) is 11.0 Å². The van der Waals surface area contributed by atoms with Crippen LogP contribution < -0.4 is 0 Å². The molecule has 0 atom stereocenters. The summed E-state index contributed by atoms with van der Waals surface area (Å²) in [6, 6.07) is 1.86. The Morgan fingerprint density at radius 3 is 3.00 bits per heavy atom. The van der Waals surface area contributed by atoms with Gasteiger partial charge in [-0.2, -0.15) is 5.10 Å². The van der Waals surface area contributed by atoms with Crippen molar-refractivity contribution in [1.29, 1.82) is 0 Å². The number of carbonyl (C=O) groups is 1. The molecule has 0 aromatic carbocycles. The van der Waals surface area contributed by atoms with E-state index in [2.05, 4.69) is 36.0 Å². The lowest BCUT2D eigenvalue weighted by Crippen LogP contribution is -2.36. The summed E-state index contributed by atoms with van der Waals surface area (Å²) < 4.78 is 5.86. The molecule has 2 aromatic rings. The third kappa shape index (κ3) is 3.68. The summed E-state index contributed by atoms with van der Waals surface area (Å²) in [5, 5.41) is 7.11. The minimum Gasteiger partial charge on any atom is -0.445 e. The minimum atomic E-state index is -0.0361. The number of aryl methyl sites for hydroxylation is 2. The fourth-order valence-electron chi connectivity index (χ4n) is 2.98. The Morgan fingerprint density at radius 1 is 1.42 bits per heavy atom. The summed E-state index contributed by atoms with van der Waals surface area (Å²) in [5.74, 6) is 2.33. The standard InChI is InChI=1S/C18H26N4O2/c1-4-5-13-10-14(21-20-13)18(23)22-9-8-16-15(11-22)19-17(24-16)7-6-12(2)3/h10,12H,4-9,11H2,1-3H3,(H,20,21). The van der Waals surface area contributed by atoms with Crippen LogP contribution in [0.25, 0.3) is 0 Å². The van der Waals surface area contributed by atoms with Gasteiger partial charge in [-0.3, -0.25) is 9.89 Å². The van der Waals surface area contributed by atoms with Gasteiger partial charge in [-0.25, -0.2) is 4.98 Å². The Bertz CT molecular complexity index is 702. The highest BCUT2D eigenvalue weighted by Gasteiger charge is 2.27. The Hall–Kier alpha value is -2.11. The molecule has 0 aliphatic carbocycles. The second-order valence-electron chi connectivity index (χ2n) is 6.92. The number of oxazole rings is 1. The van der Waals surface area contributed by atoms with E-state index in [-0.39, 0.29) is 5.91 Å². The lowest BCUT2D eigenvalue weighted by Gasteiger charge is -2.24. The number of nitrogens with zero attached hydrogens (tertiary/aromatic N) is 3. The number of aromatic nitrogens is 3. The zero-order chi connectivity index (χ0) is 17.1. The maximum absolute atomic E-state index is 12.6. The number of hydrogen-bond acceptors (Lipinski definition) is 4. The van der Waals surface area contributed by atoms with Crippen molar-refractivity contribution in [2.45, 2.75) is 59.4 Å². The first-order valence-electron chi connectivity index (χ1n) is 8.87. The number of nitrogens with one attached hydrogen (secondary N) is 1. The van der Waals surface area contributed by atoms with E-state index in [1.54, 1.807) is 0 Å². The minimum absolute atomic E-state index is 0.0361. The van der Waals surface area contributed by atoms with E-state index < -0.39 is 0 Å². The molecule has 130 valence electrons. The maximum Gasteiger partial charge on any atom is 0.274 e. The average Bonchev–Trinajstić information content (AvgIpc) is 3.18. The van der Waals surface area contributed by atoms with Crippen LogP contribution in [0.15, 0.2) is 10.5 Å². The number of H-pyrrole nitrogens is 1. The average molecular weight is 330 g/mol. The fourth-order valence-corrected chi connectivity index (χ4v) is 2.98. The van der Waals surface area contributed by atoms with Crippen molar-refractivity contribution in [2.75, 3.05) is 6.54 Å². The van der Waals surface area contributed by atoms with Crippen LogP contribution in [0.2, 0.25) is 0 Å². The molecule has 0 radical (unpaired) electrons. The predicted molar refractivity (Wildman–Crippen MR) is 90.7 cm³/mol. The molecule has 1 N–H and O–H groups in total. The van der Waals surface area contributed by atoms with Gasteiger partial charge in [0, 0.05) is 25.1 Å². The van der Waals surface area contributed by atoms with Crippen LogP contribution in [-0.4, -0.2) is 32.5 Å². The third-order valence-electron chi connectivity index (χ3n) is 4.36. The number of hydrogen-bond donors (Lipinski definition) is 1. The van der Waals surface area contributed by atoms with Gasteiger partial charge < -0.3 is 9.32 Å². The number of fused-ring (bicyclic) bond motifs is 1. The second kappa shape index (κ2) is 7.20. The van der Waals surface area contributed by atoms with Crippen molar-refractivity contribution in [3.63, 3.8) is 0 Å². The van der Waals surface area contributed by atoms with Crippen molar-refractivity contribution in [3.8, 4) is 0 Å². The van der Waals surface area contributed by atoms with E-state index >= 15 is 0 Å². The molecule has 0 unspecified atom stereocenters.